The summed E-state index contributed by atoms with van der Waals surface area (Å²) in [5, 5.41) is 8.21. The van der Waals surface area contributed by atoms with Crippen LogP contribution in [0.25, 0.3) is 0 Å². The third kappa shape index (κ3) is 8.58. The second-order valence-electron chi connectivity index (χ2n) is 8.70. The van der Waals surface area contributed by atoms with Gasteiger partial charge in [0, 0.05) is 28.8 Å². The minimum Gasteiger partial charge on any atom is -0.497 e. The highest BCUT2D eigenvalue weighted by atomic mass is 16.5. The Labute approximate surface area is 228 Å². The SMILES string of the molecule is C#CCNC(=O)[C@H](CCCCNC(=O)c1ccc(C(=O)c2ccccc2)cc1)NC(=O)c1ccc(OC)cc1. The molecule has 0 heterocycles. The van der Waals surface area contributed by atoms with Gasteiger partial charge in [-0.2, -0.15) is 0 Å². The lowest BCUT2D eigenvalue weighted by atomic mass is 10.0. The van der Waals surface area contributed by atoms with Crippen LogP contribution in [0.15, 0.2) is 78.9 Å². The van der Waals surface area contributed by atoms with E-state index in [9.17, 15) is 19.2 Å². The number of methoxy groups -OCH3 is 1. The Morgan fingerprint density at radius 2 is 1.36 bits per heavy atom. The fourth-order valence-electron chi connectivity index (χ4n) is 3.82. The molecule has 39 heavy (non-hydrogen) atoms. The number of rotatable bonds is 13. The summed E-state index contributed by atoms with van der Waals surface area (Å²) in [6.07, 6.45) is 6.77. The zero-order chi connectivity index (χ0) is 28.0. The topological polar surface area (TPSA) is 114 Å². The lowest BCUT2D eigenvalue weighted by Crippen LogP contribution is -2.46. The summed E-state index contributed by atoms with van der Waals surface area (Å²) >= 11 is 0. The Morgan fingerprint density at radius 1 is 0.769 bits per heavy atom. The molecule has 8 heteroatoms. The van der Waals surface area contributed by atoms with Crippen LogP contribution >= 0.6 is 0 Å². The molecule has 0 saturated carbocycles. The number of nitrogens with one attached hydrogen (secondary N) is 3. The van der Waals surface area contributed by atoms with Gasteiger partial charge >= 0.3 is 0 Å². The number of benzene rings is 3. The normalized spacial score (nSPS) is 11.0. The van der Waals surface area contributed by atoms with E-state index < -0.39 is 6.04 Å². The molecule has 3 rings (SSSR count). The van der Waals surface area contributed by atoms with Crippen LogP contribution in [0, 0.1) is 12.3 Å². The van der Waals surface area contributed by atoms with Crippen LogP contribution < -0.4 is 20.7 Å². The molecular formula is C31H31N3O5. The summed E-state index contributed by atoms with van der Waals surface area (Å²) in [5.74, 6) is 1.84. The first kappa shape index (κ1) is 28.7. The smallest absolute Gasteiger partial charge is 0.251 e. The standard InChI is InChI=1S/C31H31N3O5/c1-3-20-32-31(38)27(34-30(37)25-16-18-26(39-2)19-17-25)11-7-8-21-33-29(36)24-14-12-23(13-15-24)28(35)22-9-5-4-6-10-22/h1,4-6,9-10,12-19,27H,7-8,11,20-21H2,2H3,(H,32,38)(H,33,36)(H,34,37)/t27-/m0/s1. The van der Waals surface area contributed by atoms with E-state index in [4.69, 9.17) is 11.2 Å². The lowest BCUT2D eigenvalue weighted by Gasteiger charge is -2.18. The van der Waals surface area contributed by atoms with Crippen molar-refractivity contribution >= 4 is 23.5 Å². The predicted octanol–water partition coefficient (Wildman–Crippen LogP) is 3.37. The third-order valence-electron chi connectivity index (χ3n) is 5.99. The van der Waals surface area contributed by atoms with Crippen molar-refractivity contribution in [2.45, 2.75) is 25.3 Å². The van der Waals surface area contributed by atoms with Crippen LogP contribution in [0.2, 0.25) is 0 Å². The van der Waals surface area contributed by atoms with E-state index in [1.807, 2.05) is 6.07 Å². The lowest BCUT2D eigenvalue weighted by molar-refractivity contribution is -0.122. The molecular weight excluding hydrogens is 494 g/mol. The summed E-state index contributed by atoms with van der Waals surface area (Å²) in [5.41, 5.74) is 1.93. The molecule has 0 fully saturated rings. The van der Waals surface area contributed by atoms with Gasteiger partial charge in [0.1, 0.15) is 11.8 Å². The van der Waals surface area contributed by atoms with Gasteiger partial charge in [-0.3, -0.25) is 19.2 Å². The molecule has 0 aliphatic carbocycles. The first-order chi connectivity index (χ1) is 18.9. The molecule has 8 nitrogen and oxygen atoms in total. The van der Waals surface area contributed by atoms with Crippen molar-refractivity contribution in [1.29, 1.82) is 0 Å². The average molecular weight is 526 g/mol. The van der Waals surface area contributed by atoms with Crippen LogP contribution in [0.3, 0.4) is 0 Å². The molecule has 200 valence electrons. The highest BCUT2D eigenvalue weighted by molar-refractivity contribution is 6.09. The van der Waals surface area contributed by atoms with Gasteiger partial charge in [-0.05, 0) is 55.7 Å². The van der Waals surface area contributed by atoms with Crippen molar-refractivity contribution in [3.63, 3.8) is 0 Å². The summed E-state index contributed by atoms with van der Waals surface area (Å²) in [6, 6.07) is 21.2. The van der Waals surface area contributed by atoms with E-state index in [-0.39, 0.29) is 30.0 Å². The van der Waals surface area contributed by atoms with E-state index in [0.717, 1.165) is 0 Å². The largest absolute Gasteiger partial charge is 0.497 e. The van der Waals surface area contributed by atoms with Crippen molar-refractivity contribution in [3.05, 3.63) is 101 Å². The van der Waals surface area contributed by atoms with E-state index >= 15 is 0 Å². The summed E-state index contributed by atoms with van der Waals surface area (Å²) in [7, 11) is 1.54. The Bertz CT molecular complexity index is 1310. The van der Waals surface area contributed by atoms with Crippen LogP contribution in [-0.4, -0.2) is 49.7 Å². The first-order valence-corrected chi connectivity index (χ1v) is 12.6. The third-order valence-corrected chi connectivity index (χ3v) is 5.99. The fraction of sp³-hybridized carbons (Fsp3) is 0.226. The molecule has 0 aliphatic heterocycles. The first-order valence-electron chi connectivity index (χ1n) is 12.6. The van der Waals surface area contributed by atoms with Crippen molar-refractivity contribution in [1.82, 2.24) is 16.0 Å². The zero-order valence-corrected chi connectivity index (χ0v) is 21.7. The number of carbonyl (C=O) groups excluding carboxylic acids is 4. The number of ketones is 1. The fourth-order valence-corrected chi connectivity index (χ4v) is 3.82. The van der Waals surface area contributed by atoms with Crippen LogP contribution in [0.1, 0.15) is 55.9 Å². The van der Waals surface area contributed by atoms with Gasteiger partial charge in [-0.15, -0.1) is 6.42 Å². The highest BCUT2D eigenvalue weighted by Crippen LogP contribution is 2.13. The Kier molecular flexibility index (Phi) is 10.8. The summed E-state index contributed by atoms with van der Waals surface area (Å²) in [4.78, 5) is 50.3. The average Bonchev–Trinajstić information content (AvgIpc) is 2.99. The molecule has 0 radical (unpaired) electrons. The molecule has 3 aromatic carbocycles. The maximum absolute atomic E-state index is 12.7. The molecule has 0 aromatic heterocycles. The van der Waals surface area contributed by atoms with Crippen molar-refractivity contribution in [2.24, 2.45) is 0 Å². The van der Waals surface area contributed by atoms with Gasteiger partial charge in [-0.1, -0.05) is 48.4 Å². The van der Waals surface area contributed by atoms with E-state index in [1.54, 1.807) is 72.8 Å². The van der Waals surface area contributed by atoms with E-state index in [2.05, 4.69) is 21.9 Å². The van der Waals surface area contributed by atoms with Crippen LogP contribution in [0.4, 0.5) is 0 Å². The molecule has 0 unspecified atom stereocenters. The number of ether oxygens (including phenoxy) is 1. The number of hydrogen-bond acceptors (Lipinski definition) is 5. The predicted molar refractivity (Wildman–Crippen MR) is 149 cm³/mol. The zero-order valence-electron chi connectivity index (χ0n) is 21.7. The highest BCUT2D eigenvalue weighted by Gasteiger charge is 2.21. The number of carbonyl (C=O) groups is 4. The second-order valence-corrected chi connectivity index (χ2v) is 8.70. The maximum Gasteiger partial charge on any atom is 0.251 e. The molecule has 0 bridgehead atoms. The maximum atomic E-state index is 12.7. The van der Waals surface area contributed by atoms with Crippen molar-refractivity contribution in [3.8, 4) is 18.1 Å². The Morgan fingerprint density at radius 3 is 2.00 bits per heavy atom. The van der Waals surface area contributed by atoms with Gasteiger partial charge in [-0.25, -0.2) is 0 Å². The number of hydrogen-bond donors (Lipinski definition) is 3. The van der Waals surface area contributed by atoms with Gasteiger partial charge < -0.3 is 20.7 Å². The van der Waals surface area contributed by atoms with E-state index in [1.165, 1.54) is 7.11 Å². The Hall–Kier alpha value is -4.90. The van der Waals surface area contributed by atoms with Crippen molar-refractivity contribution in [2.75, 3.05) is 20.2 Å². The molecule has 3 amide bonds. The Balaban J connectivity index is 1.48. The second kappa shape index (κ2) is 14.7. The van der Waals surface area contributed by atoms with Gasteiger partial charge in [0.05, 0.1) is 13.7 Å². The summed E-state index contributed by atoms with van der Waals surface area (Å²) in [6.45, 7) is 0.439. The summed E-state index contributed by atoms with van der Waals surface area (Å²) < 4.78 is 5.11. The monoisotopic (exact) mass is 525 g/mol. The van der Waals surface area contributed by atoms with Gasteiger partial charge in [0.15, 0.2) is 5.78 Å². The molecule has 1 atom stereocenters. The number of terminal acetylenes is 1. The molecule has 3 aromatic rings. The molecule has 0 saturated heterocycles. The molecule has 0 aliphatic rings. The molecule has 0 spiro atoms. The minimum atomic E-state index is -0.779. The van der Waals surface area contributed by atoms with Gasteiger partial charge in [0.25, 0.3) is 11.8 Å². The van der Waals surface area contributed by atoms with Crippen LogP contribution in [-0.2, 0) is 4.79 Å². The van der Waals surface area contributed by atoms with Crippen molar-refractivity contribution < 1.29 is 23.9 Å². The number of unbranched alkanes of at least 4 members (excludes halogenated alkanes) is 1. The van der Waals surface area contributed by atoms with Crippen LogP contribution in [0.5, 0.6) is 5.75 Å². The van der Waals surface area contributed by atoms with Gasteiger partial charge in [0.2, 0.25) is 5.91 Å². The number of amides is 3. The minimum absolute atomic E-state index is 0.0551. The quantitative estimate of drug-likeness (QED) is 0.180. The molecule has 3 N–H and O–H groups in total. The van der Waals surface area contributed by atoms with E-state index in [0.29, 0.717) is 53.8 Å².